The molecule has 0 aromatic heterocycles. The Kier molecular flexibility index (Phi) is 6.79. The van der Waals surface area contributed by atoms with Crippen LogP contribution in [0, 0.1) is 11.8 Å². The molecule has 1 rings (SSSR count). The smallest absolute Gasteiger partial charge is 0.220 e. The molecule has 0 unspecified atom stereocenters. The normalized spacial score (nSPS) is 19.1. The number of rotatable bonds is 7. The Morgan fingerprint density at radius 3 is 2.42 bits per heavy atom. The molecule has 6 heteroatoms. The summed E-state index contributed by atoms with van der Waals surface area (Å²) in [4.78, 5) is 11.7. The van der Waals surface area contributed by atoms with E-state index in [1.165, 1.54) is 32.1 Å². The quantitative estimate of drug-likeness (QED) is 0.693. The lowest BCUT2D eigenvalue weighted by Gasteiger charge is -2.27. The molecule has 19 heavy (non-hydrogen) atoms. The lowest BCUT2D eigenvalue weighted by Crippen LogP contribution is -2.35. The van der Waals surface area contributed by atoms with Crippen LogP contribution in [0.1, 0.15) is 45.4 Å². The minimum absolute atomic E-state index is 0.0216. The van der Waals surface area contributed by atoms with Crippen molar-refractivity contribution in [2.24, 2.45) is 11.8 Å². The molecule has 0 radical (unpaired) electrons. The van der Waals surface area contributed by atoms with Gasteiger partial charge in [0, 0.05) is 19.5 Å². The van der Waals surface area contributed by atoms with Gasteiger partial charge in [-0.25, -0.2) is 13.1 Å². The van der Waals surface area contributed by atoms with Gasteiger partial charge in [0.05, 0.1) is 6.26 Å². The SMILES string of the molecule is C[C@H](CC(=O)NCCNS(C)(=O)=O)C1CCCCC1. The number of nitrogens with one attached hydrogen (secondary N) is 2. The predicted molar refractivity (Wildman–Crippen MR) is 76.2 cm³/mol. The van der Waals surface area contributed by atoms with Crippen molar-refractivity contribution in [2.75, 3.05) is 19.3 Å². The van der Waals surface area contributed by atoms with Crippen LogP contribution >= 0.6 is 0 Å². The molecule has 1 saturated carbocycles. The van der Waals surface area contributed by atoms with Crippen LogP contribution in [-0.4, -0.2) is 33.7 Å². The van der Waals surface area contributed by atoms with Crippen molar-refractivity contribution in [3.05, 3.63) is 0 Å². The minimum Gasteiger partial charge on any atom is -0.355 e. The van der Waals surface area contributed by atoms with Gasteiger partial charge >= 0.3 is 0 Å². The second-order valence-corrected chi connectivity index (χ2v) is 7.43. The Morgan fingerprint density at radius 2 is 1.84 bits per heavy atom. The van der Waals surface area contributed by atoms with Gasteiger partial charge in [-0.2, -0.15) is 0 Å². The van der Waals surface area contributed by atoms with Crippen molar-refractivity contribution in [2.45, 2.75) is 45.4 Å². The van der Waals surface area contributed by atoms with Gasteiger partial charge in [0.25, 0.3) is 0 Å². The van der Waals surface area contributed by atoms with Crippen LogP contribution in [0.15, 0.2) is 0 Å². The lowest BCUT2D eigenvalue weighted by molar-refractivity contribution is -0.122. The summed E-state index contributed by atoms with van der Waals surface area (Å²) in [6.07, 6.45) is 8.04. The monoisotopic (exact) mass is 290 g/mol. The molecule has 0 aromatic carbocycles. The van der Waals surface area contributed by atoms with Crippen LogP contribution in [0.2, 0.25) is 0 Å². The second-order valence-electron chi connectivity index (χ2n) is 5.60. The molecule has 1 amide bonds. The minimum atomic E-state index is -3.16. The molecule has 1 aliphatic carbocycles. The summed E-state index contributed by atoms with van der Waals surface area (Å²) >= 11 is 0. The van der Waals surface area contributed by atoms with Crippen LogP contribution in [0.25, 0.3) is 0 Å². The van der Waals surface area contributed by atoms with Gasteiger partial charge in [-0.3, -0.25) is 4.79 Å². The Balaban J connectivity index is 2.16. The zero-order valence-electron chi connectivity index (χ0n) is 11.9. The van der Waals surface area contributed by atoms with Gasteiger partial charge in [-0.1, -0.05) is 39.0 Å². The van der Waals surface area contributed by atoms with Gasteiger partial charge in [-0.15, -0.1) is 0 Å². The zero-order valence-corrected chi connectivity index (χ0v) is 12.8. The number of carbonyl (C=O) groups excluding carboxylic acids is 1. The first-order valence-corrected chi connectivity index (χ1v) is 8.99. The molecule has 1 atom stereocenters. The largest absolute Gasteiger partial charge is 0.355 e. The topological polar surface area (TPSA) is 75.3 Å². The van der Waals surface area contributed by atoms with Crippen LogP contribution < -0.4 is 10.0 Å². The molecule has 0 aromatic rings. The van der Waals surface area contributed by atoms with E-state index in [0.717, 1.165) is 6.26 Å². The number of hydrogen-bond donors (Lipinski definition) is 2. The molecule has 0 saturated heterocycles. The van der Waals surface area contributed by atoms with Crippen LogP contribution in [0.4, 0.5) is 0 Å². The van der Waals surface area contributed by atoms with Crippen LogP contribution in [0.5, 0.6) is 0 Å². The van der Waals surface area contributed by atoms with E-state index in [1.54, 1.807) is 0 Å². The van der Waals surface area contributed by atoms with Crippen molar-refractivity contribution < 1.29 is 13.2 Å². The van der Waals surface area contributed by atoms with E-state index < -0.39 is 10.0 Å². The van der Waals surface area contributed by atoms with E-state index in [-0.39, 0.29) is 12.5 Å². The molecule has 0 heterocycles. The third kappa shape index (κ3) is 7.52. The zero-order chi connectivity index (χ0) is 14.3. The first-order chi connectivity index (χ1) is 8.88. The standard InChI is InChI=1S/C13H26N2O3S/c1-11(12-6-4-3-5-7-12)10-13(16)14-8-9-15-19(2,17)18/h11-12,15H,3-10H2,1-2H3,(H,14,16)/t11-/m1/s1. The Bertz CT molecular complexity index is 375. The van der Waals surface area contributed by atoms with E-state index in [4.69, 9.17) is 0 Å². The first kappa shape index (κ1) is 16.4. The van der Waals surface area contributed by atoms with Crippen LogP contribution in [-0.2, 0) is 14.8 Å². The first-order valence-electron chi connectivity index (χ1n) is 7.10. The molecule has 2 N–H and O–H groups in total. The van der Waals surface area contributed by atoms with Gasteiger partial charge in [0.2, 0.25) is 15.9 Å². The Labute approximate surface area is 116 Å². The highest BCUT2D eigenvalue weighted by Gasteiger charge is 2.21. The second kappa shape index (κ2) is 7.85. The maximum Gasteiger partial charge on any atom is 0.220 e. The van der Waals surface area contributed by atoms with E-state index >= 15 is 0 Å². The van der Waals surface area contributed by atoms with Crippen molar-refractivity contribution >= 4 is 15.9 Å². The van der Waals surface area contributed by atoms with E-state index in [0.29, 0.717) is 24.8 Å². The summed E-state index contributed by atoms with van der Waals surface area (Å²) in [7, 11) is -3.16. The molecule has 1 fully saturated rings. The van der Waals surface area contributed by atoms with Gasteiger partial charge in [0.1, 0.15) is 0 Å². The third-order valence-corrected chi connectivity index (χ3v) is 4.50. The van der Waals surface area contributed by atoms with Crippen molar-refractivity contribution in [1.29, 1.82) is 0 Å². The van der Waals surface area contributed by atoms with E-state index in [9.17, 15) is 13.2 Å². The Hall–Kier alpha value is -0.620. The summed E-state index contributed by atoms with van der Waals surface area (Å²) in [5.74, 6) is 1.12. The van der Waals surface area contributed by atoms with E-state index in [1.807, 2.05) is 0 Å². The van der Waals surface area contributed by atoms with Gasteiger partial charge < -0.3 is 5.32 Å². The molecule has 1 aliphatic rings. The highest BCUT2D eigenvalue weighted by atomic mass is 32.2. The molecular formula is C13H26N2O3S. The van der Waals surface area contributed by atoms with Gasteiger partial charge in [-0.05, 0) is 11.8 Å². The van der Waals surface area contributed by atoms with Crippen molar-refractivity contribution in [1.82, 2.24) is 10.0 Å². The molecule has 0 bridgehead atoms. The van der Waals surface area contributed by atoms with Crippen LogP contribution in [0.3, 0.4) is 0 Å². The molecule has 0 aliphatic heterocycles. The third-order valence-electron chi connectivity index (χ3n) is 3.77. The predicted octanol–water partition coefficient (Wildman–Crippen LogP) is 1.26. The fraction of sp³-hybridized carbons (Fsp3) is 0.923. The molecule has 0 spiro atoms. The average Bonchev–Trinajstić information content (AvgIpc) is 2.34. The summed E-state index contributed by atoms with van der Waals surface area (Å²) < 4.78 is 24.0. The summed E-state index contributed by atoms with van der Waals surface area (Å²) in [6, 6.07) is 0. The van der Waals surface area contributed by atoms with Gasteiger partial charge in [0.15, 0.2) is 0 Å². The maximum absolute atomic E-state index is 11.7. The van der Waals surface area contributed by atoms with Crippen molar-refractivity contribution in [3.63, 3.8) is 0 Å². The molecular weight excluding hydrogens is 264 g/mol. The fourth-order valence-corrected chi connectivity index (χ4v) is 3.15. The number of carbonyl (C=O) groups is 1. The lowest BCUT2D eigenvalue weighted by atomic mass is 9.79. The Morgan fingerprint density at radius 1 is 1.21 bits per heavy atom. The number of amides is 1. The average molecular weight is 290 g/mol. The highest BCUT2D eigenvalue weighted by Crippen LogP contribution is 2.31. The summed E-state index contributed by atoms with van der Waals surface area (Å²) in [5.41, 5.74) is 0. The highest BCUT2D eigenvalue weighted by molar-refractivity contribution is 7.88. The number of sulfonamides is 1. The van der Waals surface area contributed by atoms with Crippen molar-refractivity contribution in [3.8, 4) is 0 Å². The summed E-state index contributed by atoms with van der Waals surface area (Å²) in [6.45, 7) is 2.75. The maximum atomic E-state index is 11.7. The van der Waals surface area contributed by atoms with E-state index in [2.05, 4.69) is 17.0 Å². The molecule has 5 nitrogen and oxygen atoms in total. The summed E-state index contributed by atoms with van der Waals surface area (Å²) in [5, 5.41) is 2.76. The fourth-order valence-electron chi connectivity index (χ4n) is 2.67. The molecule has 112 valence electrons. The number of hydrogen-bond acceptors (Lipinski definition) is 3.